The van der Waals surface area contributed by atoms with Crippen molar-refractivity contribution in [3.8, 4) is 5.75 Å². The van der Waals surface area contributed by atoms with E-state index in [1.165, 1.54) is 24.6 Å². The second-order valence-electron chi connectivity index (χ2n) is 6.18. The Kier molecular flexibility index (Phi) is 4.28. The summed E-state index contributed by atoms with van der Waals surface area (Å²) in [5.74, 6) is 0.0609. The van der Waals surface area contributed by atoms with Crippen LogP contribution in [0.3, 0.4) is 0 Å². The highest BCUT2D eigenvalue weighted by Crippen LogP contribution is 2.28. The first kappa shape index (κ1) is 16.4. The lowest BCUT2D eigenvalue weighted by atomic mass is 9.90. The third kappa shape index (κ3) is 3.26. The van der Waals surface area contributed by atoms with E-state index in [4.69, 9.17) is 9.15 Å². The van der Waals surface area contributed by atoms with Crippen LogP contribution in [0.5, 0.6) is 5.75 Å². The van der Waals surface area contributed by atoms with Crippen LogP contribution in [0.25, 0.3) is 0 Å². The third-order valence-electron chi connectivity index (χ3n) is 4.28. The molecule has 1 N–H and O–H groups in total. The van der Waals surface area contributed by atoms with E-state index in [9.17, 15) is 14.3 Å². The second-order valence-corrected chi connectivity index (χ2v) is 6.18. The van der Waals surface area contributed by atoms with E-state index in [2.05, 4.69) is 4.98 Å². The van der Waals surface area contributed by atoms with Crippen molar-refractivity contribution in [1.82, 2.24) is 9.88 Å². The smallest absolute Gasteiger partial charge is 0.276 e. The Morgan fingerprint density at radius 1 is 1.54 bits per heavy atom. The minimum atomic E-state index is -1.12. The summed E-state index contributed by atoms with van der Waals surface area (Å²) in [5, 5.41) is 10.6. The average Bonchev–Trinajstić information content (AvgIpc) is 2.95. The van der Waals surface area contributed by atoms with E-state index in [-0.39, 0.29) is 18.1 Å². The molecule has 1 amide bonds. The Hall–Kier alpha value is -2.41. The highest BCUT2D eigenvalue weighted by molar-refractivity contribution is 5.93. The molecule has 24 heavy (non-hydrogen) atoms. The Morgan fingerprint density at radius 3 is 3.00 bits per heavy atom. The molecule has 0 spiro atoms. The molecule has 1 fully saturated rings. The molecule has 128 valence electrons. The van der Waals surface area contributed by atoms with Gasteiger partial charge in [-0.2, -0.15) is 0 Å². The molecule has 2 aromatic rings. The Bertz CT molecular complexity index is 744. The van der Waals surface area contributed by atoms with E-state index in [0.717, 1.165) is 0 Å². The molecule has 0 radical (unpaired) electrons. The van der Waals surface area contributed by atoms with Crippen LogP contribution in [0.4, 0.5) is 4.39 Å². The fourth-order valence-electron chi connectivity index (χ4n) is 2.72. The average molecular weight is 334 g/mol. The van der Waals surface area contributed by atoms with Crippen molar-refractivity contribution in [1.29, 1.82) is 0 Å². The molecular weight excluding hydrogens is 315 g/mol. The molecule has 1 aliphatic rings. The summed E-state index contributed by atoms with van der Waals surface area (Å²) in [4.78, 5) is 18.1. The Labute approximate surface area is 138 Å². The van der Waals surface area contributed by atoms with Gasteiger partial charge in [-0.05, 0) is 32.4 Å². The van der Waals surface area contributed by atoms with Gasteiger partial charge < -0.3 is 19.2 Å². The number of ether oxygens (including phenoxy) is 1. The van der Waals surface area contributed by atoms with Gasteiger partial charge in [0.25, 0.3) is 5.91 Å². The molecular formula is C17H19FN2O4. The molecule has 0 saturated carbocycles. The number of aromatic nitrogens is 1. The zero-order valence-electron chi connectivity index (χ0n) is 13.5. The molecule has 2 heterocycles. The number of hydrogen-bond donors (Lipinski definition) is 1. The van der Waals surface area contributed by atoms with E-state index in [0.29, 0.717) is 24.5 Å². The molecule has 0 unspecified atom stereocenters. The number of aliphatic hydroxyl groups is 1. The maximum absolute atomic E-state index is 13.3. The van der Waals surface area contributed by atoms with Crippen molar-refractivity contribution in [3.05, 3.63) is 47.9 Å². The Morgan fingerprint density at radius 2 is 2.33 bits per heavy atom. The number of amides is 1. The van der Waals surface area contributed by atoms with Gasteiger partial charge >= 0.3 is 0 Å². The molecule has 1 aromatic heterocycles. The topological polar surface area (TPSA) is 75.8 Å². The van der Waals surface area contributed by atoms with Crippen molar-refractivity contribution in [3.63, 3.8) is 0 Å². The van der Waals surface area contributed by atoms with Crippen LogP contribution in [0.2, 0.25) is 0 Å². The number of benzene rings is 1. The van der Waals surface area contributed by atoms with Gasteiger partial charge in [-0.1, -0.05) is 6.07 Å². The summed E-state index contributed by atoms with van der Waals surface area (Å²) in [5.41, 5.74) is -0.872. The minimum absolute atomic E-state index is 0.175. The molecule has 0 bridgehead atoms. The number of carbonyl (C=O) groups excluding carboxylic acids is 1. The molecule has 2 atom stereocenters. The van der Waals surface area contributed by atoms with Gasteiger partial charge in [0.1, 0.15) is 29.0 Å². The number of piperidine rings is 1. The van der Waals surface area contributed by atoms with Gasteiger partial charge in [0.05, 0.1) is 6.54 Å². The van der Waals surface area contributed by atoms with Gasteiger partial charge in [0, 0.05) is 12.6 Å². The number of aryl methyl sites for hydroxylation is 1. The number of likely N-dealkylation sites (tertiary alicyclic amines) is 1. The molecule has 0 aliphatic carbocycles. The van der Waals surface area contributed by atoms with Crippen LogP contribution >= 0.6 is 0 Å². The van der Waals surface area contributed by atoms with Crippen LogP contribution < -0.4 is 4.74 Å². The second kappa shape index (κ2) is 6.24. The first-order chi connectivity index (χ1) is 11.4. The molecule has 1 saturated heterocycles. The molecule has 3 rings (SSSR count). The predicted molar refractivity (Wildman–Crippen MR) is 83.2 cm³/mol. The zero-order valence-corrected chi connectivity index (χ0v) is 13.5. The molecule has 6 nitrogen and oxygen atoms in total. The van der Waals surface area contributed by atoms with Crippen LogP contribution in [0.1, 0.15) is 29.6 Å². The normalized spacial score (nSPS) is 24.0. The molecule has 1 aromatic carbocycles. The van der Waals surface area contributed by atoms with Gasteiger partial charge in [-0.25, -0.2) is 9.37 Å². The van der Waals surface area contributed by atoms with Gasteiger partial charge in [-0.3, -0.25) is 4.79 Å². The summed E-state index contributed by atoms with van der Waals surface area (Å²) in [6, 6.07) is 5.71. The SMILES string of the molecule is Cc1ocnc1C(=O)N1CC[C@@](C)(O)[C@H](Oc2cccc(F)c2)C1. The zero-order chi connectivity index (χ0) is 17.3. The number of halogens is 1. The number of nitrogens with zero attached hydrogens (tertiary/aromatic N) is 2. The van der Waals surface area contributed by atoms with E-state index >= 15 is 0 Å². The predicted octanol–water partition coefficient (Wildman–Crippen LogP) is 2.17. The lowest BCUT2D eigenvalue weighted by Gasteiger charge is -2.42. The molecule has 7 heteroatoms. The Balaban J connectivity index is 1.77. The lowest BCUT2D eigenvalue weighted by molar-refractivity contribution is -0.0882. The van der Waals surface area contributed by atoms with Crippen LogP contribution in [0.15, 0.2) is 35.1 Å². The third-order valence-corrected chi connectivity index (χ3v) is 4.28. The summed E-state index contributed by atoms with van der Waals surface area (Å²) in [6.45, 7) is 3.87. The standard InChI is InChI=1S/C17H19FN2O4/c1-11-15(19-10-23-11)16(21)20-7-6-17(2,22)14(9-20)24-13-5-3-4-12(18)8-13/h3-5,8,10,14,22H,6-7,9H2,1-2H3/t14-,17-/m1/s1. The van der Waals surface area contributed by atoms with Crippen molar-refractivity contribution in [2.24, 2.45) is 0 Å². The van der Waals surface area contributed by atoms with Crippen LogP contribution in [0, 0.1) is 12.7 Å². The highest BCUT2D eigenvalue weighted by Gasteiger charge is 2.41. The number of rotatable bonds is 3. The van der Waals surface area contributed by atoms with Crippen molar-refractivity contribution in [2.75, 3.05) is 13.1 Å². The van der Waals surface area contributed by atoms with Crippen LogP contribution in [-0.4, -0.2) is 45.7 Å². The quantitative estimate of drug-likeness (QED) is 0.931. The monoisotopic (exact) mass is 334 g/mol. The van der Waals surface area contributed by atoms with Crippen molar-refractivity contribution in [2.45, 2.75) is 32.0 Å². The first-order valence-corrected chi connectivity index (χ1v) is 7.71. The fourth-order valence-corrected chi connectivity index (χ4v) is 2.72. The van der Waals surface area contributed by atoms with Gasteiger partial charge in [-0.15, -0.1) is 0 Å². The van der Waals surface area contributed by atoms with E-state index in [1.807, 2.05) is 0 Å². The molecule has 1 aliphatic heterocycles. The van der Waals surface area contributed by atoms with Gasteiger partial charge in [0.2, 0.25) is 0 Å². The van der Waals surface area contributed by atoms with Crippen molar-refractivity contribution < 1.29 is 23.4 Å². The van der Waals surface area contributed by atoms with E-state index < -0.39 is 17.5 Å². The van der Waals surface area contributed by atoms with E-state index in [1.54, 1.807) is 24.8 Å². The largest absolute Gasteiger partial charge is 0.485 e. The summed E-state index contributed by atoms with van der Waals surface area (Å²) >= 11 is 0. The maximum atomic E-state index is 13.3. The summed E-state index contributed by atoms with van der Waals surface area (Å²) < 4.78 is 24.1. The summed E-state index contributed by atoms with van der Waals surface area (Å²) in [6.07, 6.45) is 0.892. The van der Waals surface area contributed by atoms with Gasteiger partial charge in [0.15, 0.2) is 12.1 Å². The number of hydrogen-bond acceptors (Lipinski definition) is 5. The number of oxazole rings is 1. The highest BCUT2D eigenvalue weighted by atomic mass is 19.1. The fraction of sp³-hybridized carbons (Fsp3) is 0.412. The minimum Gasteiger partial charge on any atom is -0.485 e. The lowest BCUT2D eigenvalue weighted by Crippen LogP contribution is -2.57. The van der Waals surface area contributed by atoms with Crippen LogP contribution in [-0.2, 0) is 0 Å². The first-order valence-electron chi connectivity index (χ1n) is 7.71. The summed E-state index contributed by atoms with van der Waals surface area (Å²) in [7, 11) is 0. The maximum Gasteiger partial charge on any atom is 0.276 e. The number of carbonyl (C=O) groups is 1. The van der Waals surface area contributed by atoms with Crippen molar-refractivity contribution >= 4 is 5.91 Å².